The number of nitrogens with one attached hydrogen (secondary N) is 2. The average molecular weight is 365 g/mol. The van der Waals surface area contributed by atoms with E-state index in [9.17, 15) is 4.79 Å². The number of benzene rings is 1. The molecule has 0 saturated carbocycles. The summed E-state index contributed by atoms with van der Waals surface area (Å²) >= 11 is 0. The van der Waals surface area contributed by atoms with Crippen LogP contribution < -0.4 is 20.1 Å². The van der Waals surface area contributed by atoms with Crippen molar-refractivity contribution in [1.82, 2.24) is 15.0 Å². The van der Waals surface area contributed by atoms with Gasteiger partial charge in [-0.05, 0) is 24.3 Å². The highest BCUT2D eigenvalue weighted by Crippen LogP contribution is 2.29. The SMILES string of the molecule is COc1ccc(OC)c(NC(=O)c2cnc(NCc3ccccn3)cn2)c1. The fourth-order valence-corrected chi connectivity index (χ4v) is 2.32. The number of methoxy groups -OCH3 is 2. The number of pyridine rings is 1. The molecule has 0 unspecified atom stereocenters. The summed E-state index contributed by atoms with van der Waals surface area (Å²) in [4.78, 5) is 25.0. The van der Waals surface area contributed by atoms with E-state index in [1.807, 2.05) is 18.2 Å². The molecule has 0 atom stereocenters. The van der Waals surface area contributed by atoms with Gasteiger partial charge in [-0.25, -0.2) is 9.97 Å². The molecule has 27 heavy (non-hydrogen) atoms. The number of carbonyl (C=O) groups is 1. The summed E-state index contributed by atoms with van der Waals surface area (Å²) in [7, 11) is 3.08. The Labute approximate surface area is 156 Å². The second-order valence-corrected chi connectivity index (χ2v) is 5.48. The molecule has 1 amide bonds. The Bertz CT molecular complexity index is 901. The van der Waals surface area contributed by atoms with Gasteiger partial charge in [0.2, 0.25) is 0 Å². The monoisotopic (exact) mass is 365 g/mol. The van der Waals surface area contributed by atoms with Crippen molar-refractivity contribution >= 4 is 17.4 Å². The first-order valence-corrected chi connectivity index (χ1v) is 8.19. The first kappa shape index (κ1) is 18.1. The molecule has 0 bridgehead atoms. The van der Waals surface area contributed by atoms with Crippen LogP contribution in [0.15, 0.2) is 55.0 Å². The third-order valence-electron chi connectivity index (χ3n) is 3.72. The van der Waals surface area contributed by atoms with Gasteiger partial charge in [-0.15, -0.1) is 0 Å². The molecule has 3 rings (SSSR count). The Kier molecular flexibility index (Phi) is 5.78. The van der Waals surface area contributed by atoms with Gasteiger partial charge in [-0.3, -0.25) is 9.78 Å². The van der Waals surface area contributed by atoms with E-state index in [4.69, 9.17) is 9.47 Å². The minimum atomic E-state index is -0.398. The molecule has 2 N–H and O–H groups in total. The number of hydrogen-bond donors (Lipinski definition) is 2. The zero-order valence-electron chi connectivity index (χ0n) is 15.0. The van der Waals surface area contributed by atoms with Crippen molar-refractivity contribution in [3.05, 3.63) is 66.4 Å². The van der Waals surface area contributed by atoms with E-state index in [2.05, 4.69) is 25.6 Å². The first-order chi connectivity index (χ1) is 13.2. The molecule has 0 fully saturated rings. The number of hydrogen-bond acceptors (Lipinski definition) is 7. The van der Waals surface area contributed by atoms with E-state index in [-0.39, 0.29) is 5.69 Å². The molecular weight excluding hydrogens is 346 g/mol. The quantitative estimate of drug-likeness (QED) is 0.664. The summed E-state index contributed by atoms with van der Waals surface area (Å²) < 4.78 is 10.4. The van der Waals surface area contributed by atoms with Crippen molar-refractivity contribution in [1.29, 1.82) is 0 Å². The molecule has 0 saturated heterocycles. The van der Waals surface area contributed by atoms with Crippen molar-refractivity contribution < 1.29 is 14.3 Å². The van der Waals surface area contributed by atoms with Crippen molar-refractivity contribution in [3.63, 3.8) is 0 Å². The molecule has 2 aromatic heterocycles. The topological polar surface area (TPSA) is 98.3 Å². The van der Waals surface area contributed by atoms with Gasteiger partial charge in [0.15, 0.2) is 0 Å². The lowest BCUT2D eigenvalue weighted by Gasteiger charge is -2.11. The third-order valence-corrected chi connectivity index (χ3v) is 3.72. The largest absolute Gasteiger partial charge is 0.497 e. The second kappa shape index (κ2) is 8.61. The van der Waals surface area contributed by atoms with Crippen LogP contribution in [0.1, 0.15) is 16.2 Å². The molecule has 1 aromatic carbocycles. The zero-order valence-corrected chi connectivity index (χ0v) is 15.0. The smallest absolute Gasteiger partial charge is 0.275 e. The summed E-state index contributed by atoms with van der Waals surface area (Å²) in [6, 6.07) is 10.8. The van der Waals surface area contributed by atoms with E-state index in [1.54, 1.807) is 31.5 Å². The normalized spacial score (nSPS) is 10.1. The molecule has 0 spiro atoms. The Morgan fingerprint density at radius 3 is 2.59 bits per heavy atom. The average Bonchev–Trinajstić information content (AvgIpc) is 2.73. The summed E-state index contributed by atoms with van der Waals surface area (Å²) in [6.07, 6.45) is 4.63. The van der Waals surface area contributed by atoms with Crippen LogP contribution >= 0.6 is 0 Å². The van der Waals surface area contributed by atoms with Crippen molar-refractivity contribution in [2.75, 3.05) is 24.9 Å². The van der Waals surface area contributed by atoms with Gasteiger partial charge in [0, 0.05) is 12.3 Å². The number of aromatic nitrogens is 3. The van der Waals surface area contributed by atoms with Gasteiger partial charge in [0.05, 0.1) is 44.5 Å². The van der Waals surface area contributed by atoms with Gasteiger partial charge >= 0.3 is 0 Å². The van der Waals surface area contributed by atoms with Crippen molar-refractivity contribution in [3.8, 4) is 11.5 Å². The van der Waals surface area contributed by atoms with Gasteiger partial charge in [0.25, 0.3) is 5.91 Å². The highest BCUT2D eigenvalue weighted by Gasteiger charge is 2.12. The maximum Gasteiger partial charge on any atom is 0.275 e. The van der Waals surface area contributed by atoms with Gasteiger partial charge in [0.1, 0.15) is 23.0 Å². The van der Waals surface area contributed by atoms with Crippen LogP contribution in [0, 0.1) is 0 Å². The fourth-order valence-electron chi connectivity index (χ4n) is 2.32. The molecule has 138 valence electrons. The Hall–Kier alpha value is -3.68. The van der Waals surface area contributed by atoms with E-state index in [0.29, 0.717) is 29.5 Å². The Balaban J connectivity index is 1.65. The van der Waals surface area contributed by atoms with E-state index < -0.39 is 5.91 Å². The fraction of sp³-hybridized carbons (Fsp3) is 0.158. The summed E-state index contributed by atoms with van der Waals surface area (Å²) in [5, 5.41) is 5.86. The molecule has 0 aliphatic heterocycles. The van der Waals surface area contributed by atoms with Crippen LogP contribution in [0.2, 0.25) is 0 Å². The molecule has 2 heterocycles. The van der Waals surface area contributed by atoms with Gasteiger partial charge in [-0.2, -0.15) is 0 Å². The predicted octanol–water partition coefficient (Wildman–Crippen LogP) is 2.75. The maximum absolute atomic E-state index is 12.4. The van der Waals surface area contributed by atoms with Crippen LogP contribution in [0.4, 0.5) is 11.5 Å². The van der Waals surface area contributed by atoms with Crippen LogP contribution in [0.3, 0.4) is 0 Å². The second-order valence-electron chi connectivity index (χ2n) is 5.48. The highest BCUT2D eigenvalue weighted by molar-refractivity contribution is 6.03. The summed E-state index contributed by atoms with van der Waals surface area (Å²) in [5.41, 5.74) is 1.55. The lowest BCUT2D eigenvalue weighted by molar-refractivity contribution is 0.102. The van der Waals surface area contributed by atoms with E-state index in [1.165, 1.54) is 19.5 Å². The number of amides is 1. The number of carbonyl (C=O) groups excluding carboxylic acids is 1. The van der Waals surface area contributed by atoms with Crippen LogP contribution in [0.25, 0.3) is 0 Å². The molecule has 8 nitrogen and oxygen atoms in total. The molecule has 3 aromatic rings. The lowest BCUT2D eigenvalue weighted by atomic mass is 10.2. The summed E-state index contributed by atoms with van der Waals surface area (Å²) in [5.74, 6) is 1.28. The van der Waals surface area contributed by atoms with E-state index >= 15 is 0 Å². The van der Waals surface area contributed by atoms with Crippen LogP contribution in [-0.4, -0.2) is 35.1 Å². The highest BCUT2D eigenvalue weighted by atomic mass is 16.5. The Morgan fingerprint density at radius 1 is 1.04 bits per heavy atom. The van der Waals surface area contributed by atoms with Crippen LogP contribution in [-0.2, 0) is 6.54 Å². The first-order valence-electron chi connectivity index (χ1n) is 8.19. The van der Waals surface area contributed by atoms with Gasteiger partial charge < -0.3 is 20.1 Å². The van der Waals surface area contributed by atoms with Gasteiger partial charge in [-0.1, -0.05) is 6.07 Å². The molecule has 0 radical (unpaired) electrons. The molecule has 0 aliphatic rings. The number of anilines is 2. The number of rotatable bonds is 7. The van der Waals surface area contributed by atoms with Crippen molar-refractivity contribution in [2.24, 2.45) is 0 Å². The summed E-state index contributed by atoms with van der Waals surface area (Å²) in [6.45, 7) is 0.516. The molecule has 0 aliphatic carbocycles. The Morgan fingerprint density at radius 2 is 1.93 bits per heavy atom. The predicted molar refractivity (Wildman–Crippen MR) is 101 cm³/mol. The van der Waals surface area contributed by atoms with Crippen LogP contribution in [0.5, 0.6) is 11.5 Å². The zero-order chi connectivity index (χ0) is 19.1. The molecule has 8 heteroatoms. The minimum absolute atomic E-state index is 0.184. The lowest BCUT2D eigenvalue weighted by Crippen LogP contribution is -2.15. The number of ether oxygens (including phenoxy) is 2. The third kappa shape index (κ3) is 4.69. The maximum atomic E-state index is 12.4. The van der Waals surface area contributed by atoms with Crippen molar-refractivity contribution in [2.45, 2.75) is 6.54 Å². The molecular formula is C19H19N5O3. The van der Waals surface area contributed by atoms with E-state index in [0.717, 1.165) is 5.69 Å². The standard InChI is InChI=1S/C19H19N5O3/c1-26-14-6-7-17(27-2)15(9-14)24-19(25)16-11-23-18(12-21-16)22-10-13-5-3-4-8-20-13/h3-9,11-12H,10H2,1-2H3,(H,22,23)(H,24,25). The minimum Gasteiger partial charge on any atom is -0.497 e. The number of nitrogens with zero attached hydrogens (tertiary/aromatic N) is 3.